The maximum atomic E-state index is 12.1. The van der Waals surface area contributed by atoms with Gasteiger partial charge in [-0.25, -0.2) is 13.1 Å². The van der Waals surface area contributed by atoms with Gasteiger partial charge in [0.1, 0.15) is 0 Å². The molecule has 0 radical (unpaired) electrons. The Bertz CT molecular complexity index is 340. The van der Waals surface area contributed by atoms with Crippen LogP contribution in [0.1, 0.15) is 52.9 Å². The van der Waals surface area contributed by atoms with Gasteiger partial charge < -0.3 is 0 Å². The van der Waals surface area contributed by atoms with Crippen molar-refractivity contribution in [2.75, 3.05) is 11.1 Å². The van der Waals surface area contributed by atoms with Crippen LogP contribution in [0.5, 0.6) is 0 Å². The Kier molecular flexibility index (Phi) is 5.07. The molecule has 1 aliphatic rings. The van der Waals surface area contributed by atoms with E-state index in [2.05, 4.69) is 41.4 Å². The van der Waals surface area contributed by atoms with Gasteiger partial charge >= 0.3 is 0 Å². The van der Waals surface area contributed by atoms with Crippen LogP contribution in [-0.2, 0) is 10.0 Å². The van der Waals surface area contributed by atoms with Crippen molar-refractivity contribution in [3.05, 3.63) is 0 Å². The lowest BCUT2D eigenvalue weighted by Gasteiger charge is -2.28. The van der Waals surface area contributed by atoms with Crippen molar-refractivity contribution in [1.82, 2.24) is 4.72 Å². The van der Waals surface area contributed by atoms with Gasteiger partial charge in [-0.2, -0.15) is 0 Å². The first-order chi connectivity index (χ1) is 7.68. The summed E-state index contributed by atoms with van der Waals surface area (Å²) in [7, 11) is -3.15. The van der Waals surface area contributed by atoms with E-state index in [4.69, 9.17) is 0 Å². The molecule has 1 rings (SSSR count). The molecule has 17 heavy (non-hydrogen) atoms. The van der Waals surface area contributed by atoms with Gasteiger partial charge in [0.2, 0.25) is 10.0 Å². The van der Waals surface area contributed by atoms with Crippen molar-refractivity contribution < 1.29 is 8.42 Å². The van der Waals surface area contributed by atoms with E-state index in [9.17, 15) is 8.42 Å². The molecular formula is C12H24BrNO2S. The predicted molar refractivity (Wildman–Crippen MR) is 76.0 cm³/mol. The third-order valence-corrected chi connectivity index (χ3v) is 5.87. The molecule has 0 aliphatic heterocycles. The number of alkyl halides is 1. The minimum Gasteiger partial charge on any atom is -0.212 e. The Labute approximate surface area is 114 Å². The Morgan fingerprint density at radius 2 is 1.76 bits per heavy atom. The van der Waals surface area contributed by atoms with Crippen LogP contribution in [0.4, 0.5) is 0 Å². The summed E-state index contributed by atoms with van der Waals surface area (Å²) in [4.78, 5) is 0. The molecule has 0 unspecified atom stereocenters. The zero-order valence-electron chi connectivity index (χ0n) is 11.1. The van der Waals surface area contributed by atoms with Crippen LogP contribution < -0.4 is 4.72 Å². The Morgan fingerprint density at radius 3 is 2.18 bits per heavy atom. The highest BCUT2D eigenvalue weighted by Gasteiger charge is 2.36. The van der Waals surface area contributed by atoms with Crippen molar-refractivity contribution in [2.24, 2.45) is 5.41 Å². The normalized spacial score (nSPS) is 20.7. The summed E-state index contributed by atoms with van der Waals surface area (Å²) in [6.07, 6.45) is 4.83. The van der Waals surface area contributed by atoms with E-state index in [0.29, 0.717) is 6.42 Å². The fraction of sp³-hybridized carbons (Fsp3) is 1.00. The second kappa shape index (κ2) is 5.57. The van der Waals surface area contributed by atoms with E-state index in [1.54, 1.807) is 0 Å². The zero-order valence-corrected chi connectivity index (χ0v) is 13.5. The second-order valence-electron chi connectivity index (χ2n) is 6.35. The van der Waals surface area contributed by atoms with E-state index in [1.807, 2.05) is 0 Å². The number of nitrogens with one attached hydrogen (secondary N) is 1. The van der Waals surface area contributed by atoms with Crippen LogP contribution in [0.2, 0.25) is 0 Å². The van der Waals surface area contributed by atoms with Crippen molar-refractivity contribution in [3.8, 4) is 0 Å². The number of hydrogen-bond acceptors (Lipinski definition) is 2. The number of rotatable bonds is 5. The summed E-state index contributed by atoms with van der Waals surface area (Å²) in [5, 5.41) is 0.717. The molecule has 0 saturated heterocycles. The second-order valence-corrected chi connectivity index (χ2v) is 8.76. The fourth-order valence-electron chi connectivity index (χ4n) is 2.14. The van der Waals surface area contributed by atoms with Crippen molar-refractivity contribution in [1.29, 1.82) is 0 Å². The summed E-state index contributed by atoms with van der Waals surface area (Å²) < 4.78 is 27.0. The Balaban J connectivity index is 2.59. The maximum absolute atomic E-state index is 12.1. The average Bonchev–Trinajstić information content (AvgIpc) is 2.63. The standard InChI is InChI=1S/C12H24BrNO2S/c1-11(2,3)8-9-17(15,16)14-12(10-13)6-4-5-7-12/h14H,4-10H2,1-3H3. The minimum absolute atomic E-state index is 0.0615. The zero-order chi connectivity index (χ0) is 13.2. The maximum Gasteiger partial charge on any atom is 0.212 e. The van der Waals surface area contributed by atoms with Crippen LogP contribution in [-0.4, -0.2) is 25.0 Å². The third kappa shape index (κ3) is 5.26. The number of sulfonamides is 1. The van der Waals surface area contributed by atoms with E-state index in [-0.39, 0.29) is 16.7 Å². The summed E-state index contributed by atoms with van der Waals surface area (Å²) in [6, 6.07) is 0. The molecular weight excluding hydrogens is 302 g/mol. The van der Waals surface area contributed by atoms with Gasteiger partial charge in [-0.1, -0.05) is 49.5 Å². The lowest BCUT2D eigenvalue weighted by atomic mass is 9.94. The molecule has 5 heteroatoms. The molecule has 1 fully saturated rings. The fourth-order valence-corrected chi connectivity index (χ4v) is 4.94. The lowest BCUT2D eigenvalue weighted by molar-refractivity contribution is 0.390. The van der Waals surface area contributed by atoms with Gasteiger partial charge in [-0.3, -0.25) is 0 Å². The predicted octanol–water partition coefficient (Wildman–Crippen LogP) is 3.05. The molecule has 102 valence electrons. The molecule has 0 atom stereocenters. The SMILES string of the molecule is CC(C)(C)CCS(=O)(=O)NC1(CBr)CCCC1. The third-order valence-electron chi connectivity index (χ3n) is 3.31. The highest BCUT2D eigenvalue weighted by Crippen LogP contribution is 2.32. The number of hydrogen-bond donors (Lipinski definition) is 1. The van der Waals surface area contributed by atoms with Crippen LogP contribution >= 0.6 is 15.9 Å². The average molecular weight is 326 g/mol. The minimum atomic E-state index is -3.15. The van der Waals surface area contributed by atoms with Crippen LogP contribution in [0.25, 0.3) is 0 Å². The van der Waals surface area contributed by atoms with E-state index >= 15 is 0 Å². The highest BCUT2D eigenvalue weighted by molar-refractivity contribution is 9.09. The molecule has 1 aliphatic carbocycles. The van der Waals surface area contributed by atoms with Crippen LogP contribution in [0.15, 0.2) is 0 Å². The summed E-state index contributed by atoms with van der Waals surface area (Å²) in [5.74, 6) is 0.227. The topological polar surface area (TPSA) is 46.2 Å². The van der Waals surface area contributed by atoms with Crippen molar-refractivity contribution in [3.63, 3.8) is 0 Å². The highest BCUT2D eigenvalue weighted by atomic mass is 79.9. The first-order valence-electron chi connectivity index (χ1n) is 6.26. The van der Waals surface area contributed by atoms with Gasteiger partial charge in [-0.05, 0) is 24.7 Å². The van der Waals surface area contributed by atoms with Gasteiger partial charge in [0, 0.05) is 10.9 Å². The molecule has 0 heterocycles. The molecule has 0 spiro atoms. The molecule has 1 saturated carbocycles. The summed E-state index contributed by atoms with van der Waals surface area (Å²) >= 11 is 3.45. The lowest BCUT2D eigenvalue weighted by Crippen LogP contribution is -2.48. The molecule has 0 aromatic rings. The first kappa shape index (κ1) is 15.4. The van der Waals surface area contributed by atoms with E-state index in [1.165, 1.54) is 0 Å². The molecule has 0 bridgehead atoms. The Hall–Kier alpha value is 0.390. The van der Waals surface area contributed by atoms with Gasteiger partial charge in [0.15, 0.2) is 0 Å². The Morgan fingerprint density at radius 1 is 1.24 bits per heavy atom. The summed E-state index contributed by atoms with van der Waals surface area (Å²) in [5.41, 5.74) is -0.164. The van der Waals surface area contributed by atoms with Gasteiger partial charge in [0.25, 0.3) is 0 Å². The summed E-state index contributed by atoms with van der Waals surface area (Å²) in [6.45, 7) is 6.20. The van der Waals surface area contributed by atoms with Crippen molar-refractivity contribution in [2.45, 2.75) is 58.4 Å². The van der Waals surface area contributed by atoms with Gasteiger partial charge in [-0.15, -0.1) is 0 Å². The van der Waals surface area contributed by atoms with Gasteiger partial charge in [0.05, 0.1) is 5.75 Å². The van der Waals surface area contributed by atoms with Crippen LogP contribution in [0, 0.1) is 5.41 Å². The van der Waals surface area contributed by atoms with E-state index in [0.717, 1.165) is 31.0 Å². The molecule has 0 aromatic heterocycles. The van der Waals surface area contributed by atoms with E-state index < -0.39 is 10.0 Å². The quantitative estimate of drug-likeness (QED) is 0.789. The van der Waals surface area contributed by atoms with Crippen molar-refractivity contribution >= 4 is 26.0 Å². The molecule has 0 aromatic carbocycles. The number of halogens is 1. The largest absolute Gasteiger partial charge is 0.212 e. The first-order valence-corrected chi connectivity index (χ1v) is 9.03. The monoisotopic (exact) mass is 325 g/mol. The smallest absolute Gasteiger partial charge is 0.212 e. The molecule has 3 nitrogen and oxygen atoms in total. The molecule has 0 amide bonds. The van der Waals surface area contributed by atoms with Crippen LogP contribution in [0.3, 0.4) is 0 Å². The molecule has 1 N–H and O–H groups in total.